The van der Waals surface area contributed by atoms with Gasteiger partial charge >= 0.3 is 0 Å². The van der Waals surface area contributed by atoms with Gasteiger partial charge in [-0.1, -0.05) is 11.3 Å². The van der Waals surface area contributed by atoms with Crippen LogP contribution in [0.5, 0.6) is 0 Å². The SMILES string of the molecule is O=C1CC(CO)CN1c1nnc(Cl)s1. The van der Waals surface area contributed by atoms with Crippen molar-refractivity contribution < 1.29 is 9.90 Å². The normalized spacial score (nSPS) is 22.0. The van der Waals surface area contributed by atoms with E-state index in [9.17, 15) is 4.79 Å². The molecule has 1 aromatic heterocycles. The van der Waals surface area contributed by atoms with E-state index in [4.69, 9.17) is 16.7 Å². The molecule has 1 fully saturated rings. The largest absolute Gasteiger partial charge is 0.396 e. The van der Waals surface area contributed by atoms with Crippen LogP contribution in [0.15, 0.2) is 0 Å². The minimum absolute atomic E-state index is 0.00479. The highest BCUT2D eigenvalue weighted by Crippen LogP contribution is 2.29. The van der Waals surface area contributed by atoms with Gasteiger partial charge in [0.05, 0.1) is 0 Å². The molecule has 0 radical (unpaired) electrons. The van der Waals surface area contributed by atoms with Crippen LogP contribution in [0.2, 0.25) is 4.47 Å². The van der Waals surface area contributed by atoms with Gasteiger partial charge in [0.2, 0.25) is 15.5 Å². The van der Waals surface area contributed by atoms with Gasteiger partial charge in [-0.25, -0.2) is 0 Å². The van der Waals surface area contributed by atoms with E-state index in [-0.39, 0.29) is 18.4 Å². The molecule has 1 aliphatic heterocycles. The number of carbonyl (C=O) groups excluding carboxylic acids is 1. The molecular formula is C7H8ClN3O2S. The summed E-state index contributed by atoms with van der Waals surface area (Å²) in [4.78, 5) is 13.0. The van der Waals surface area contributed by atoms with Gasteiger partial charge in [-0.15, -0.1) is 10.2 Å². The van der Waals surface area contributed by atoms with Crippen LogP contribution in [0.4, 0.5) is 5.13 Å². The maximum absolute atomic E-state index is 11.5. The van der Waals surface area contributed by atoms with Crippen LogP contribution in [-0.4, -0.2) is 34.4 Å². The number of anilines is 1. The smallest absolute Gasteiger partial charge is 0.229 e. The average molecular weight is 234 g/mol. The maximum Gasteiger partial charge on any atom is 0.229 e. The van der Waals surface area contributed by atoms with Crippen molar-refractivity contribution in [3.05, 3.63) is 4.47 Å². The molecule has 5 nitrogen and oxygen atoms in total. The molecule has 7 heteroatoms. The molecule has 1 unspecified atom stereocenters. The third kappa shape index (κ3) is 1.73. The fourth-order valence-electron chi connectivity index (χ4n) is 1.40. The molecule has 1 atom stereocenters. The van der Waals surface area contributed by atoms with Crippen LogP contribution >= 0.6 is 22.9 Å². The molecule has 0 aromatic carbocycles. The Morgan fingerprint density at radius 1 is 1.64 bits per heavy atom. The van der Waals surface area contributed by atoms with Crippen molar-refractivity contribution in [3.8, 4) is 0 Å². The Kier molecular flexibility index (Phi) is 2.66. The van der Waals surface area contributed by atoms with E-state index in [1.807, 2.05) is 0 Å². The van der Waals surface area contributed by atoms with Crippen LogP contribution in [0, 0.1) is 5.92 Å². The monoisotopic (exact) mass is 233 g/mol. The molecule has 0 saturated carbocycles. The van der Waals surface area contributed by atoms with Gasteiger partial charge in [0.25, 0.3) is 0 Å². The van der Waals surface area contributed by atoms with Crippen LogP contribution in [0.3, 0.4) is 0 Å². The Hall–Kier alpha value is -0.720. The highest BCUT2D eigenvalue weighted by atomic mass is 35.5. The van der Waals surface area contributed by atoms with Crippen molar-refractivity contribution in [2.45, 2.75) is 6.42 Å². The molecule has 1 aromatic rings. The second-order valence-electron chi connectivity index (χ2n) is 3.09. The van der Waals surface area contributed by atoms with E-state index in [2.05, 4.69) is 10.2 Å². The molecule has 0 spiro atoms. The highest BCUT2D eigenvalue weighted by molar-refractivity contribution is 7.19. The number of rotatable bonds is 2. The van der Waals surface area contributed by atoms with Gasteiger partial charge in [-0.3, -0.25) is 9.69 Å². The fraction of sp³-hybridized carbons (Fsp3) is 0.571. The number of halogens is 1. The van der Waals surface area contributed by atoms with Crippen LogP contribution < -0.4 is 4.90 Å². The van der Waals surface area contributed by atoms with Gasteiger partial charge in [0, 0.05) is 25.5 Å². The zero-order valence-electron chi connectivity index (χ0n) is 7.18. The maximum atomic E-state index is 11.5. The quantitative estimate of drug-likeness (QED) is 0.810. The molecule has 1 aliphatic rings. The summed E-state index contributed by atoms with van der Waals surface area (Å²) in [5.74, 6) is -0.0259. The van der Waals surface area contributed by atoms with Crippen molar-refractivity contribution in [1.82, 2.24) is 10.2 Å². The molecular weight excluding hydrogens is 226 g/mol. The summed E-state index contributed by atoms with van der Waals surface area (Å²) in [7, 11) is 0. The van der Waals surface area contributed by atoms with Crippen molar-refractivity contribution in [1.29, 1.82) is 0 Å². The lowest BCUT2D eigenvalue weighted by Crippen LogP contribution is -2.24. The molecule has 76 valence electrons. The zero-order valence-corrected chi connectivity index (χ0v) is 8.75. The first-order valence-electron chi connectivity index (χ1n) is 4.11. The van der Waals surface area contributed by atoms with E-state index < -0.39 is 0 Å². The first-order chi connectivity index (χ1) is 6.70. The molecule has 14 heavy (non-hydrogen) atoms. The van der Waals surface area contributed by atoms with Crippen molar-refractivity contribution >= 4 is 34.0 Å². The minimum Gasteiger partial charge on any atom is -0.396 e. The second-order valence-corrected chi connectivity index (χ2v) is 4.63. The number of aliphatic hydroxyl groups is 1. The predicted octanol–water partition coefficient (Wildman–Crippen LogP) is 0.537. The molecule has 0 aliphatic carbocycles. The standard InChI is InChI=1S/C7H8ClN3O2S/c8-6-9-10-7(14-6)11-2-4(3-12)1-5(11)13/h4,12H,1-3H2. The highest BCUT2D eigenvalue weighted by Gasteiger charge is 2.32. The Balaban J connectivity index is 2.16. The van der Waals surface area contributed by atoms with E-state index >= 15 is 0 Å². The number of nitrogens with zero attached hydrogens (tertiary/aromatic N) is 3. The zero-order chi connectivity index (χ0) is 10.1. The molecule has 2 heterocycles. The lowest BCUT2D eigenvalue weighted by Gasteiger charge is -2.10. The second kappa shape index (κ2) is 3.80. The summed E-state index contributed by atoms with van der Waals surface area (Å²) < 4.78 is 0.320. The van der Waals surface area contributed by atoms with E-state index in [0.717, 1.165) is 0 Å². The number of aliphatic hydroxyl groups excluding tert-OH is 1. The summed E-state index contributed by atoms with van der Waals surface area (Å²) in [6.07, 6.45) is 0.369. The predicted molar refractivity (Wildman–Crippen MR) is 52.5 cm³/mol. The summed E-state index contributed by atoms with van der Waals surface area (Å²) >= 11 is 6.78. The Morgan fingerprint density at radius 2 is 2.43 bits per heavy atom. The average Bonchev–Trinajstić information content (AvgIpc) is 2.71. The topological polar surface area (TPSA) is 66.3 Å². The van der Waals surface area contributed by atoms with Gasteiger partial charge < -0.3 is 5.11 Å². The van der Waals surface area contributed by atoms with Crippen molar-refractivity contribution in [2.24, 2.45) is 5.92 Å². The van der Waals surface area contributed by atoms with Crippen molar-refractivity contribution in [2.75, 3.05) is 18.1 Å². The number of hydrogen-bond acceptors (Lipinski definition) is 5. The first kappa shape index (κ1) is 9.82. The van der Waals surface area contributed by atoms with Gasteiger partial charge in [-0.2, -0.15) is 0 Å². The summed E-state index contributed by atoms with van der Waals surface area (Å²) in [5.41, 5.74) is 0. The van der Waals surface area contributed by atoms with Crippen LogP contribution in [-0.2, 0) is 4.79 Å². The molecule has 2 rings (SSSR count). The summed E-state index contributed by atoms with van der Waals surface area (Å²) in [6, 6.07) is 0. The third-order valence-electron chi connectivity index (χ3n) is 2.08. The Morgan fingerprint density at radius 3 is 2.93 bits per heavy atom. The van der Waals surface area contributed by atoms with Crippen molar-refractivity contribution in [3.63, 3.8) is 0 Å². The molecule has 1 saturated heterocycles. The number of aromatic nitrogens is 2. The lowest BCUT2D eigenvalue weighted by atomic mass is 10.1. The van der Waals surface area contributed by atoms with Gasteiger partial charge in [-0.05, 0) is 11.6 Å². The number of carbonyl (C=O) groups is 1. The van der Waals surface area contributed by atoms with E-state index in [1.165, 1.54) is 16.2 Å². The first-order valence-corrected chi connectivity index (χ1v) is 5.30. The molecule has 1 amide bonds. The lowest BCUT2D eigenvalue weighted by molar-refractivity contribution is -0.117. The van der Waals surface area contributed by atoms with Crippen LogP contribution in [0.1, 0.15) is 6.42 Å². The minimum atomic E-state index is -0.0307. The Bertz CT molecular complexity index is 356. The fourth-order valence-corrected chi connectivity index (χ4v) is 2.24. The van der Waals surface area contributed by atoms with Gasteiger partial charge in [0.1, 0.15) is 0 Å². The summed E-state index contributed by atoms with van der Waals surface area (Å²) in [5, 5.41) is 16.8. The van der Waals surface area contributed by atoms with E-state index in [0.29, 0.717) is 22.6 Å². The number of amides is 1. The Labute approximate surface area is 89.3 Å². The van der Waals surface area contributed by atoms with Gasteiger partial charge in [0.15, 0.2) is 0 Å². The number of hydrogen-bond donors (Lipinski definition) is 1. The van der Waals surface area contributed by atoms with Crippen LogP contribution in [0.25, 0.3) is 0 Å². The van der Waals surface area contributed by atoms with E-state index in [1.54, 1.807) is 0 Å². The molecule has 1 N–H and O–H groups in total. The summed E-state index contributed by atoms with van der Waals surface area (Å²) in [6.45, 7) is 0.523. The molecule has 0 bridgehead atoms. The third-order valence-corrected chi connectivity index (χ3v) is 3.13.